The predicted molar refractivity (Wildman–Crippen MR) is 24.5 cm³/mol. The van der Waals surface area contributed by atoms with Crippen molar-refractivity contribution >= 4 is 16.4 Å². The Kier molecular flexibility index (Phi) is 3.01. The maximum Gasteiger partial charge on any atom is 0.476 e. The SMILES string of the molecule is O=P(O)(O)OP(O)O. The van der Waals surface area contributed by atoms with Gasteiger partial charge in [0.15, 0.2) is 0 Å². The zero-order valence-electron chi connectivity index (χ0n) is 3.50. The molecule has 0 atom stereocenters. The summed E-state index contributed by atoms with van der Waals surface area (Å²) in [5.74, 6) is 0. The molecule has 0 aromatic carbocycles. The molecule has 0 aliphatic rings. The van der Waals surface area contributed by atoms with Crippen LogP contribution in [0.4, 0.5) is 0 Å². The van der Waals surface area contributed by atoms with Gasteiger partial charge in [-0.25, -0.2) is 8.88 Å². The third kappa shape index (κ3) is 6.46. The Hall–Kier alpha value is 0.460. The summed E-state index contributed by atoms with van der Waals surface area (Å²) < 4.78 is 12.9. The monoisotopic (exact) mass is 162 g/mol. The number of hydrogen-bond donors (Lipinski definition) is 4. The summed E-state index contributed by atoms with van der Waals surface area (Å²) in [5.41, 5.74) is 0. The zero-order chi connectivity index (χ0) is 6.78. The number of phosphoric acid groups is 1. The second-order valence-electron chi connectivity index (χ2n) is 0.825. The molecule has 0 radical (unpaired) electrons. The maximum absolute atomic E-state index is 9.61. The van der Waals surface area contributed by atoms with Gasteiger partial charge in [-0.05, 0) is 0 Å². The van der Waals surface area contributed by atoms with E-state index < -0.39 is 16.4 Å². The van der Waals surface area contributed by atoms with Gasteiger partial charge < -0.3 is 19.6 Å². The first-order chi connectivity index (χ1) is 3.42. The van der Waals surface area contributed by atoms with Gasteiger partial charge >= 0.3 is 16.4 Å². The first-order valence-electron chi connectivity index (χ1n) is 1.35. The Morgan fingerprint density at radius 2 is 1.75 bits per heavy atom. The van der Waals surface area contributed by atoms with Crippen LogP contribution in [0.15, 0.2) is 0 Å². The van der Waals surface area contributed by atoms with E-state index in [4.69, 9.17) is 19.6 Å². The van der Waals surface area contributed by atoms with E-state index in [1.807, 2.05) is 0 Å². The first-order valence-corrected chi connectivity index (χ1v) is 4.04. The van der Waals surface area contributed by atoms with Crippen molar-refractivity contribution in [2.75, 3.05) is 0 Å². The van der Waals surface area contributed by atoms with E-state index >= 15 is 0 Å². The average Bonchev–Trinajstić information content (AvgIpc) is 1.21. The molecule has 0 fully saturated rings. The molecule has 0 saturated carbocycles. The van der Waals surface area contributed by atoms with E-state index in [0.29, 0.717) is 0 Å². The van der Waals surface area contributed by atoms with Crippen LogP contribution < -0.4 is 0 Å². The third-order valence-electron chi connectivity index (χ3n) is 0.179. The fraction of sp³-hybridized carbons (Fsp3) is 0. The molecule has 0 aliphatic carbocycles. The second kappa shape index (κ2) is 2.85. The van der Waals surface area contributed by atoms with E-state index in [1.54, 1.807) is 0 Å². The standard InChI is InChI=1S/H4O6P2/c1-7(2)6-8(3,4)5/h1-2H,(H2,3,4,5). The van der Waals surface area contributed by atoms with Crippen molar-refractivity contribution in [2.45, 2.75) is 0 Å². The molecule has 50 valence electrons. The molecule has 8 heavy (non-hydrogen) atoms. The fourth-order valence-corrected chi connectivity index (χ4v) is 0.856. The van der Waals surface area contributed by atoms with E-state index in [0.717, 1.165) is 0 Å². The lowest BCUT2D eigenvalue weighted by Crippen LogP contribution is -1.79. The lowest BCUT2D eigenvalue weighted by molar-refractivity contribution is 0.261. The van der Waals surface area contributed by atoms with Crippen LogP contribution >= 0.6 is 16.4 Å². The van der Waals surface area contributed by atoms with Crippen LogP contribution in [0.3, 0.4) is 0 Å². The van der Waals surface area contributed by atoms with Crippen LogP contribution in [0.25, 0.3) is 0 Å². The maximum atomic E-state index is 9.61. The molecule has 4 N–H and O–H groups in total. The minimum Gasteiger partial charge on any atom is -0.328 e. The second-order valence-corrected chi connectivity index (χ2v) is 2.96. The summed E-state index contributed by atoms with van der Waals surface area (Å²) in [5, 5.41) is 0. The van der Waals surface area contributed by atoms with Crippen molar-refractivity contribution < 1.29 is 28.4 Å². The summed E-state index contributed by atoms with van der Waals surface area (Å²) in [6.45, 7) is 0. The van der Waals surface area contributed by atoms with E-state index in [2.05, 4.69) is 4.31 Å². The van der Waals surface area contributed by atoms with Crippen molar-refractivity contribution in [3.8, 4) is 0 Å². The minimum absolute atomic E-state index is 2.95. The normalized spacial score (nSPS) is 12.6. The Bertz CT molecular complexity index is 99.1. The van der Waals surface area contributed by atoms with Gasteiger partial charge in [-0.15, -0.1) is 0 Å². The lowest BCUT2D eigenvalue weighted by Gasteiger charge is -2.02. The summed E-state index contributed by atoms with van der Waals surface area (Å²) in [6.07, 6.45) is 0. The Labute approximate surface area is 46.0 Å². The molecular formula is H4O6P2. The molecule has 0 heterocycles. The van der Waals surface area contributed by atoms with E-state index in [-0.39, 0.29) is 0 Å². The van der Waals surface area contributed by atoms with Crippen molar-refractivity contribution in [1.82, 2.24) is 0 Å². The molecular weight excluding hydrogens is 158 g/mol. The molecule has 0 aromatic heterocycles. The van der Waals surface area contributed by atoms with E-state index in [9.17, 15) is 4.57 Å². The molecule has 0 aliphatic heterocycles. The van der Waals surface area contributed by atoms with Gasteiger partial charge in [0, 0.05) is 0 Å². The van der Waals surface area contributed by atoms with Gasteiger partial charge in [0.2, 0.25) is 0 Å². The first kappa shape index (κ1) is 8.46. The van der Waals surface area contributed by atoms with Gasteiger partial charge in [0.1, 0.15) is 0 Å². The zero-order valence-corrected chi connectivity index (χ0v) is 5.29. The van der Waals surface area contributed by atoms with Crippen molar-refractivity contribution in [3.05, 3.63) is 0 Å². The average molecular weight is 162 g/mol. The molecule has 6 nitrogen and oxygen atoms in total. The molecule has 0 saturated heterocycles. The highest BCUT2D eigenvalue weighted by Crippen LogP contribution is 2.48. The van der Waals surface area contributed by atoms with Crippen LogP contribution in [0.2, 0.25) is 0 Å². The number of rotatable bonds is 2. The van der Waals surface area contributed by atoms with Gasteiger partial charge in [-0.1, -0.05) is 0 Å². The van der Waals surface area contributed by atoms with Gasteiger partial charge in [-0.3, -0.25) is 0 Å². The van der Waals surface area contributed by atoms with Gasteiger partial charge in [0.25, 0.3) is 0 Å². The van der Waals surface area contributed by atoms with Crippen LogP contribution in [-0.4, -0.2) is 19.6 Å². The van der Waals surface area contributed by atoms with Gasteiger partial charge in [0.05, 0.1) is 0 Å². The molecule has 0 amide bonds. The van der Waals surface area contributed by atoms with Gasteiger partial charge in [-0.2, -0.15) is 0 Å². The summed E-state index contributed by atoms with van der Waals surface area (Å²) >= 11 is 0. The van der Waals surface area contributed by atoms with Crippen molar-refractivity contribution in [3.63, 3.8) is 0 Å². The summed E-state index contributed by atoms with van der Waals surface area (Å²) in [7, 11) is -7.64. The molecule has 0 unspecified atom stereocenters. The number of hydrogen-bond acceptors (Lipinski definition) is 4. The highest BCUT2D eigenvalue weighted by Gasteiger charge is 2.19. The lowest BCUT2D eigenvalue weighted by atomic mass is 15.7. The minimum atomic E-state index is -4.69. The summed E-state index contributed by atoms with van der Waals surface area (Å²) in [6, 6.07) is 0. The predicted octanol–water partition coefficient (Wildman–Crippen LogP) is -0.693. The molecule has 0 rings (SSSR count). The Balaban J connectivity index is 3.56. The molecule has 0 spiro atoms. The fourth-order valence-electron chi connectivity index (χ4n) is 0.0951. The van der Waals surface area contributed by atoms with E-state index in [1.165, 1.54) is 0 Å². The van der Waals surface area contributed by atoms with Crippen LogP contribution in [0.5, 0.6) is 0 Å². The topological polar surface area (TPSA) is 107 Å². The summed E-state index contributed by atoms with van der Waals surface area (Å²) in [4.78, 5) is 31.1. The largest absolute Gasteiger partial charge is 0.476 e. The van der Waals surface area contributed by atoms with Crippen LogP contribution in [-0.2, 0) is 8.88 Å². The van der Waals surface area contributed by atoms with Crippen LogP contribution in [0.1, 0.15) is 0 Å². The highest BCUT2D eigenvalue weighted by atomic mass is 31.3. The molecule has 0 bridgehead atoms. The molecule has 0 aromatic rings. The quantitative estimate of drug-likeness (QED) is 0.400. The van der Waals surface area contributed by atoms with Crippen molar-refractivity contribution in [2.24, 2.45) is 0 Å². The highest BCUT2D eigenvalue weighted by molar-refractivity contribution is 7.57. The van der Waals surface area contributed by atoms with Crippen LogP contribution in [0, 0.1) is 0 Å². The van der Waals surface area contributed by atoms with Crippen molar-refractivity contribution in [1.29, 1.82) is 0 Å². The smallest absolute Gasteiger partial charge is 0.328 e. The molecule has 8 heteroatoms. The third-order valence-corrected chi connectivity index (χ3v) is 1.61. The Morgan fingerprint density at radius 1 is 1.38 bits per heavy atom. The Morgan fingerprint density at radius 3 is 1.75 bits per heavy atom.